The van der Waals surface area contributed by atoms with Crippen molar-refractivity contribution in [2.75, 3.05) is 11.1 Å². The molecule has 32 heavy (non-hydrogen) atoms. The van der Waals surface area contributed by atoms with Crippen LogP contribution in [-0.2, 0) is 16.1 Å². The van der Waals surface area contributed by atoms with Gasteiger partial charge in [-0.15, -0.1) is 21.5 Å². The van der Waals surface area contributed by atoms with Crippen LogP contribution in [0.1, 0.15) is 46.4 Å². The van der Waals surface area contributed by atoms with Gasteiger partial charge in [0.2, 0.25) is 5.91 Å². The van der Waals surface area contributed by atoms with Gasteiger partial charge in [0.1, 0.15) is 5.00 Å². The van der Waals surface area contributed by atoms with Crippen molar-refractivity contribution in [2.45, 2.75) is 45.5 Å². The second-order valence-corrected chi connectivity index (χ2v) is 8.91. The van der Waals surface area contributed by atoms with E-state index in [0.717, 1.165) is 11.3 Å². The Balaban J connectivity index is 1.76. The lowest BCUT2D eigenvalue weighted by atomic mass is 10.1. The van der Waals surface area contributed by atoms with Gasteiger partial charge in [-0.1, -0.05) is 11.8 Å². The predicted octanol–water partition coefficient (Wildman–Crippen LogP) is 3.32. The van der Waals surface area contributed by atoms with Crippen LogP contribution in [-0.4, -0.2) is 44.4 Å². The molecule has 0 aliphatic heterocycles. The van der Waals surface area contributed by atoms with Crippen LogP contribution in [0.2, 0.25) is 0 Å². The Labute approximate surface area is 192 Å². The van der Waals surface area contributed by atoms with Gasteiger partial charge in [-0.3, -0.25) is 14.2 Å². The number of thioether (sulfide) groups is 1. The number of hydrogen-bond acceptors (Lipinski definition) is 9. The molecule has 0 aromatic carbocycles. The molecule has 3 aromatic rings. The summed E-state index contributed by atoms with van der Waals surface area (Å²) in [5, 5.41) is 11.8. The topological polar surface area (TPSA) is 142 Å². The highest BCUT2D eigenvalue weighted by atomic mass is 32.2. The lowest BCUT2D eigenvalue weighted by molar-refractivity contribution is -0.113. The van der Waals surface area contributed by atoms with Gasteiger partial charge in [0.05, 0.1) is 28.6 Å². The van der Waals surface area contributed by atoms with Crippen molar-refractivity contribution in [3.8, 4) is 11.6 Å². The third kappa shape index (κ3) is 5.02. The maximum Gasteiger partial charge on any atom is 0.341 e. The summed E-state index contributed by atoms with van der Waals surface area (Å²) in [6, 6.07) is 3.54. The fourth-order valence-corrected chi connectivity index (χ4v) is 4.78. The number of carbonyl (C=O) groups is 3. The highest BCUT2D eigenvalue weighted by Gasteiger charge is 2.26. The first-order chi connectivity index (χ1) is 15.2. The predicted molar refractivity (Wildman–Crippen MR) is 121 cm³/mol. The zero-order chi connectivity index (χ0) is 23.4. The molecular weight excluding hydrogens is 454 g/mol. The van der Waals surface area contributed by atoms with Gasteiger partial charge in [-0.25, -0.2) is 4.79 Å². The lowest BCUT2D eigenvalue weighted by Gasteiger charge is -2.10. The fraction of sp³-hybridized carbons (Fsp3) is 0.350. The molecule has 0 fully saturated rings. The number of nitrogens with two attached hydrogens (primary N) is 1. The molecular formula is C20H23N5O5S2. The number of anilines is 1. The molecule has 0 saturated carbocycles. The Hall–Kier alpha value is -3.12. The number of nitrogens with one attached hydrogen (secondary N) is 1. The molecule has 3 N–H and O–H groups in total. The van der Waals surface area contributed by atoms with Gasteiger partial charge < -0.3 is 20.2 Å². The van der Waals surface area contributed by atoms with Crippen LogP contribution in [0, 0.1) is 6.92 Å². The Morgan fingerprint density at radius 2 is 2.09 bits per heavy atom. The van der Waals surface area contributed by atoms with E-state index in [2.05, 4.69) is 15.5 Å². The number of rotatable bonds is 9. The summed E-state index contributed by atoms with van der Waals surface area (Å²) in [5.74, 6) is -0.523. The van der Waals surface area contributed by atoms with E-state index in [-0.39, 0.29) is 33.2 Å². The van der Waals surface area contributed by atoms with Crippen LogP contribution in [0.15, 0.2) is 28.0 Å². The fourth-order valence-electron chi connectivity index (χ4n) is 2.92. The molecule has 12 heteroatoms. The number of esters is 1. The quantitative estimate of drug-likeness (QED) is 0.353. The summed E-state index contributed by atoms with van der Waals surface area (Å²) in [6.07, 6.45) is 1.19. The van der Waals surface area contributed by atoms with E-state index >= 15 is 0 Å². The van der Waals surface area contributed by atoms with E-state index in [1.165, 1.54) is 11.8 Å². The molecule has 0 aliphatic rings. The van der Waals surface area contributed by atoms with E-state index in [0.29, 0.717) is 28.8 Å². The maximum absolute atomic E-state index is 12.6. The Bertz CT molecular complexity index is 1130. The van der Waals surface area contributed by atoms with E-state index in [9.17, 15) is 14.4 Å². The van der Waals surface area contributed by atoms with Gasteiger partial charge in [-0.2, -0.15) is 0 Å². The van der Waals surface area contributed by atoms with Crippen molar-refractivity contribution in [3.05, 3.63) is 34.4 Å². The molecule has 0 bridgehead atoms. The van der Waals surface area contributed by atoms with E-state index in [4.69, 9.17) is 14.9 Å². The average molecular weight is 478 g/mol. The van der Waals surface area contributed by atoms with Crippen molar-refractivity contribution in [2.24, 2.45) is 5.73 Å². The molecule has 170 valence electrons. The van der Waals surface area contributed by atoms with Crippen LogP contribution >= 0.6 is 23.1 Å². The van der Waals surface area contributed by atoms with E-state index in [1.54, 1.807) is 39.2 Å². The largest absolute Gasteiger partial charge is 0.461 e. The lowest BCUT2D eigenvalue weighted by Crippen LogP contribution is -2.18. The SMILES string of the molecule is CCn1c(SCC(=O)Nc2sc(C(N)=O)c(C)c2C(=O)OC(C)C)nnc1-c1ccco1. The number of furan rings is 1. The van der Waals surface area contributed by atoms with Crippen molar-refractivity contribution in [3.63, 3.8) is 0 Å². The second kappa shape index (κ2) is 10.0. The smallest absolute Gasteiger partial charge is 0.341 e. The molecule has 3 heterocycles. The van der Waals surface area contributed by atoms with Crippen molar-refractivity contribution in [1.82, 2.24) is 14.8 Å². The zero-order valence-corrected chi connectivity index (χ0v) is 19.6. The summed E-state index contributed by atoms with van der Waals surface area (Å²) >= 11 is 2.14. The molecule has 0 aliphatic carbocycles. The standard InChI is InChI=1S/C20H23N5O5S2/c1-5-25-17(12-7-6-8-29-12)23-24-20(25)31-9-13(26)22-18-14(19(28)30-10(2)3)11(4)15(32-18)16(21)27/h6-8,10H,5,9H2,1-4H3,(H2,21,27)(H,22,26). The molecule has 3 rings (SSSR count). The molecule has 0 atom stereocenters. The number of hydrogen-bond donors (Lipinski definition) is 2. The monoisotopic (exact) mass is 477 g/mol. The number of thiophene rings is 1. The zero-order valence-electron chi connectivity index (χ0n) is 18.0. The van der Waals surface area contributed by atoms with Crippen molar-refractivity contribution in [1.29, 1.82) is 0 Å². The van der Waals surface area contributed by atoms with Crippen LogP contribution in [0.5, 0.6) is 0 Å². The number of primary amides is 1. The minimum absolute atomic E-state index is 0.0117. The number of carbonyl (C=O) groups excluding carboxylic acids is 3. The van der Waals surface area contributed by atoms with Crippen LogP contribution in [0.25, 0.3) is 11.6 Å². The molecule has 0 saturated heterocycles. The van der Waals surface area contributed by atoms with Crippen molar-refractivity contribution < 1.29 is 23.5 Å². The van der Waals surface area contributed by atoms with E-state index < -0.39 is 11.9 Å². The van der Waals surface area contributed by atoms with Gasteiger partial charge in [0.15, 0.2) is 16.7 Å². The summed E-state index contributed by atoms with van der Waals surface area (Å²) in [5.41, 5.74) is 5.93. The Kier molecular flexibility index (Phi) is 7.36. The highest BCUT2D eigenvalue weighted by Crippen LogP contribution is 2.34. The second-order valence-electron chi connectivity index (χ2n) is 6.94. The average Bonchev–Trinajstić information content (AvgIpc) is 3.44. The first-order valence-corrected chi connectivity index (χ1v) is 11.6. The number of ether oxygens (including phenoxy) is 1. The third-order valence-corrected chi connectivity index (χ3v) is 6.47. The normalized spacial score (nSPS) is 11.0. The van der Waals surface area contributed by atoms with Crippen LogP contribution < -0.4 is 11.1 Å². The molecule has 0 radical (unpaired) electrons. The third-order valence-electron chi connectivity index (χ3n) is 4.28. The summed E-state index contributed by atoms with van der Waals surface area (Å²) in [6.45, 7) is 7.54. The highest BCUT2D eigenvalue weighted by molar-refractivity contribution is 7.99. The molecule has 2 amide bonds. The molecule has 10 nitrogen and oxygen atoms in total. The van der Waals surface area contributed by atoms with Gasteiger partial charge in [0.25, 0.3) is 5.91 Å². The summed E-state index contributed by atoms with van der Waals surface area (Å²) < 4.78 is 12.5. The van der Waals surface area contributed by atoms with Gasteiger partial charge in [-0.05, 0) is 45.4 Å². The molecule has 0 unspecified atom stereocenters. The Morgan fingerprint density at radius 1 is 1.34 bits per heavy atom. The number of nitrogens with zero attached hydrogens (tertiary/aromatic N) is 3. The van der Waals surface area contributed by atoms with Gasteiger partial charge in [0, 0.05) is 6.54 Å². The number of amides is 2. The maximum atomic E-state index is 12.6. The van der Waals surface area contributed by atoms with Gasteiger partial charge >= 0.3 is 5.97 Å². The van der Waals surface area contributed by atoms with Crippen LogP contribution in [0.3, 0.4) is 0 Å². The number of aromatic nitrogens is 3. The minimum atomic E-state index is -0.678. The van der Waals surface area contributed by atoms with Crippen LogP contribution in [0.4, 0.5) is 5.00 Å². The minimum Gasteiger partial charge on any atom is -0.461 e. The Morgan fingerprint density at radius 3 is 2.69 bits per heavy atom. The molecule has 3 aromatic heterocycles. The summed E-state index contributed by atoms with van der Waals surface area (Å²) in [7, 11) is 0. The van der Waals surface area contributed by atoms with E-state index in [1.807, 2.05) is 11.5 Å². The first-order valence-electron chi connectivity index (χ1n) is 9.76. The van der Waals surface area contributed by atoms with Crippen molar-refractivity contribution >= 4 is 45.9 Å². The summed E-state index contributed by atoms with van der Waals surface area (Å²) in [4.78, 5) is 37.1. The first kappa shape index (κ1) is 23.5. The molecule has 0 spiro atoms.